The molecule has 0 saturated heterocycles. The molecule has 0 N–H and O–H groups in total. The molecule has 0 unspecified atom stereocenters. The maximum Gasteiger partial charge on any atom is 0.338 e. The molecule has 6 heteroatoms. The van der Waals surface area contributed by atoms with Gasteiger partial charge in [-0.1, -0.05) is 18.2 Å². The van der Waals surface area contributed by atoms with E-state index in [0.29, 0.717) is 23.9 Å². The second-order valence-electron chi connectivity index (χ2n) is 5.68. The van der Waals surface area contributed by atoms with E-state index < -0.39 is 5.97 Å². The second-order valence-corrected chi connectivity index (χ2v) is 5.68. The summed E-state index contributed by atoms with van der Waals surface area (Å²) in [6, 6.07) is 11.2. The van der Waals surface area contributed by atoms with E-state index in [4.69, 9.17) is 9.47 Å². The summed E-state index contributed by atoms with van der Waals surface area (Å²) in [6.07, 6.45) is 3.17. The van der Waals surface area contributed by atoms with Gasteiger partial charge in [0.2, 0.25) is 5.88 Å². The van der Waals surface area contributed by atoms with E-state index in [9.17, 15) is 4.79 Å². The lowest BCUT2D eigenvalue weighted by Gasteiger charge is -2.10. The predicted octanol–water partition coefficient (Wildman–Crippen LogP) is 3.25. The Morgan fingerprint density at radius 2 is 1.92 bits per heavy atom. The highest BCUT2D eigenvalue weighted by atomic mass is 16.5. The minimum Gasteiger partial charge on any atom is -0.473 e. The lowest BCUT2D eigenvalue weighted by molar-refractivity contribution is 0.0600. The van der Waals surface area contributed by atoms with E-state index in [2.05, 4.69) is 36.1 Å². The Labute approximate surface area is 146 Å². The molecule has 0 bridgehead atoms. The molecule has 0 aliphatic carbocycles. The zero-order valence-corrected chi connectivity index (χ0v) is 14.4. The number of nitrogens with zero attached hydrogens (tertiary/aromatic N) is 3. The number of aryl methyl sites for hydroxylation is 2. The van der Waals surface area contributed by atoms with Crippen molar-refractivity contribution in [3.05, 3.63) is 71.0 Å². The lowest BCUT2D eigenvalue weighted by atomic mass is 10.1. The van der Waals surface area contributed by atoms with Gasteiger partial charge in [0, 0.05) is 12.3 Å². The third-order valence-electron chi connectivity index (χ3n) is 3.95. The zero-order valence-electron chi connectivity index (χ0n) is 14.4. The summed E-state index contributed by atoms with van der Waals surface area (Å²) >= 11 is 0. The SMILES string of the molecule is COC(=O)c1ccnc(-n2nccc2OCc2ccc(C)c(C)c2)c1. The largest absolute Gasteiger partial charge is 0.473 e. The summed E-state index contributed by atoms with van der Waals surface area (Å²) in [4.78, 5) is 15.9. The Morgan fingerprint density at radius 1 is 1.08 bits per heavy atom. The van der Waals surface area contributed by atoms with Crippen LogP contribution in [-0.4, -0.2) is 27.8 Å². The minimum atomic E-state index is -0.423. The van der Waals surface area contributed by atoms with Crippen LogP contribution >= 0.6 is 0 Å². The first-order valence-electron chi connectivity index (χ1n) is 7.86. The van der Waals surface area contributed by atoms with Gasteiger partial charge in [0.1, 0.15) is 6.61 Å². The first-order chi connectivity index (χ1) is 12.1. The first kappa shape index (κ1) is 16.7. The summed E-state index contributed by atoms with van der Waals surface area (Å²) in [5.41, 5.74) is 3.95. The molecule has 0 atom stereocenters. The quantitative estimate of drug-likeness (QED) is 0.669. The Morgan fingerprint density at radius 3 is 2.68 bits per heavy atom. The fraction of sp³-hybridized carbons (Fsp3) is 0.211. The van der Waals surface area contributed by atoms with E-state index >= 15 is 0 Å². The Bertz CT molecular complexity index is 902. The number of aromatic nitrogens is 3. The van der Waals surface area contributed by atoms with Crippen LogP contribution < -0.4 is 4.74 Å². The van der Waals surface area contributed by atoms with Gasteiger partial charge in [-0.2, -0.15) is 9.78 Å². The van der Waals surface area contributed by atoms with Crippen LogP contribution in [0.5, 0.6) is 5.88 Å². The number of methoxy groups -OCH3 is 1. The Balaban J connectivity index is 1.81. The fourth-order valence-electron chi connectivity index (χ4n) is 2.40. The number of pyridine rings is 1. The highest BCUT2D eigenvalue weighted by Crippen LogP contribution is 2.19. The molecule has 0 spiro atoms. The average molecular weight is 337 g/mol. The van der Waals surface area contributed by atoms with Crippen LogP contribution in [0.1, 0.15) is 27.0 Å². The second kappa shape index (κ2) is 7.17. The van der Waals surface area contributed by atoms with Gasteiger partial charge in [-0.15, -0.1) is 0 Å². The molecule has 0 aliphatic rings. The molecule has 25 heavy (non-hydrogen) atoms. The smallest absolute Gasteiger partial charge is 0.338 e. The van der Waals surface area contributed by atoms with Crippen molar-refractivity contribution in [2.45, 2.75) is 20.5 Å². The van der Waals surface area contributed by atoms with Crippen LogP contribution in [0.15, 0.2) is 48.8 Å². The van der Waals surface area contributed by atoms with Gasteiger partial charge < -0.3 is 9.47 Å². The summed E-state index contributed by atoms with van der Waals surface area (Å²) in [6.45, 7) is 4.57. The van der Waals surface area contributed by atoms with Gasteiger partial charge >= 0.3 is 5.97 Å². The van der Waals surface area contributed by atoms with Crippen LogP contribution in [0.3, 0.4) is 0 Å². The van der Waals surface area contributed by atoms with Gasteiger partial charge in [0.05, 0.1) is 18.9 Å². The maximum atomic E-state index is 11.7. The van der Waals surface area contributed by atoms with Gasteiger partial charge in [0.25, 0.3) is 0 Å². The van der Waals surface area contributed by atoms with Crippen molar-refractivity contribution in [3.63, 3.8) is 0 Å². The van der Waals surface area contributed by atoms with E-state index in [1.807, 2.05) is 6.07 Å². The molecule has 2 heterocycles. The zero-order chi connectivity index (χ0) is 17.8. The molecule has 0 fully saturated rings. The Kier molecular flexibility index (Phi) is 4.79. The molecule has 0 amide bonds. The highest BCUT2D eigenvalue weighted by molar-refractivity contribution is 5.89. The monoisotopic (exact) mass is 337 g/mol. The molecule has 0 radical (unpaired) electrons. The predicted molar refractivity (Wildman–Crippen MR) is 92.9 cm³/mol. The van der Waals surface area contributed by atoms with Crippen molar-refractivity contribution in [1.82, 2.24) is 14.8 Å². The summed E-state index contributed by atoms with van der Waals surface area (Å²) < 4.78 is 12.2. The van der Waals surface area contributed by atoms with Crippen molar-refractivity contribution in [1.29, 1.82) is 0 Å². The summed E-state index contributed by atoms with van der Waals surface area (Å²) in [5, 5.41) is 4.23. The third-order valence-corrected chi connectivity index (χ3v) is 3.95. The van der Waals surface area contributed by atoms with Gasteiger partial charge in [-0.3, -0.25) is 0 Å². The third kappa shape index (κ3) is 3.68. The standard InChI is InChI=1S/C19H19N3O3/c1-13-4-5-15(10-14(13)2)12-25-18-7-9-21-22(18)17-11-16(6-8-20-17)19(23)24-3/h4-11H,12H2,1-3H3. The summed E-state index contributed by atoms with van der Waals surface area (Å²) in [7, 11) is 1.34. The van der Waals surface area contributed by atoms with Gasteiger partial charge in [0.15, 0.2) is 5.82 Å². The molecule has 3 rings (SSSR count). The number of carbonyl (C=O) groups excluding carboxylic acids is 1. The molecule has 3 aromatic rings. The number of hydrogen-bond acceptors (Lipinski definition) is 5. The fourth-order valence-corrected chi connectivity index (χ4v) is 2.40. The van der Waals surface area contributed by atoms with Gasteiger partial charge in [-0.05, 0) is 42.7 Å². The van der Waals surface area contributed by atoms with Crippen molar-refractivity contribution in [2.75, 3.05) is 7.11 Å². The Hall–Kier alpha value is -3.15. The molecule has 0 aliphatic heterocycles. The lowest BCUT2D eigenvalue weighted by Crippen LogP contribution is -2.07. The molecule has 0 saturated carbocycles. The molecular weight excluding hydrogens is 318 g/mol. The van der Waals surface area contributed by atoms with Crippen LogP contribution in [-0.2, 0) is 11.3 Å². The van der Waals surface area contributed by atoms with E-state index in [1.165, 1.54) is 24.4 Å². The minimum absolute atomic E-state index is 0.406. The number of ether oxygens (including phenoxy) is 2. The van der Waals surface area contributed by atoms with E-state index in [0.717, 1.165) is 5.56 Å². The number of benzene rings is 1. The normalized spacial score (nSPS) is 10.5. The van der Waals surface area contributed by atoms with Crippen molar-refractivity contribution in [2.24, 2.45) is 0 Å². The average Bonchev–Trinajstić information content (AvgIpc) is 3.10. The van der Waals surface area contributed by atoms with Gasteiger partial charge in [-0.25, -0.2) is 9.78 Å². The molecule has 6 nitrogen and oxygen atoms in total. The molecular formula is C19H19N3O3. The molecule has 1 aromatic carbocycles. The van der Waals surface area contributed by atoms with Crippen molar-refractivity contribution < 1.29 is 14.3 Å². The van der Waals surface area contributed by atoms with E-state index in [1.54, 1.807) is 29.1 Å². The van der Waals surface area contributed by atoms with Crippen LogP contribution in [0.25, 0.3) is 5.82 Å². The first-order valence-corrected chi connectivity index (χ1v) is 7.86. The molecule has 2 aromatic heterocycles. The number of carbonyl (C=O) groups is 1. The topological polar surface area (TPSA) is 66.2 Å². The maximum absolute atomic E-state index is 11.7. The van der Waals surface area contributed by atoms with E-state index in [-0.39, 0.29) is 0 Å². The summed E-state index contributed by atoms with van der Waals surface area (Å²) in [5.74, 6) is 0.615. The van der Waals surface area contributed by atoms with Crippen LogP contribution in [0.4, 0.5) is 0 Å². The van der Waals surface area contributed by atoms with Crippen molar-refractivity contribution in [3.8, 4) is 11.7 Å². The molecule has 128 valence electrons. The van der Waals surface area contributed by atoms with Crippen LogP contribution in [0.2, 0.25) is 0 Å². The number of esters is 1. The number of hydrogen-bond donors (Lipinski definition) is 0. The highest BCUT2D eigenvalue weighted by Gasteiger charge is 2.12. The van der Waals surface area contributed by atoms with Crippen molar-refractivity contribution >= 4 is 5.97 Å². The van der Waals surface area contributed by atoms with Crippen LogP contribution in [0, 0.1) is 13.8 Å². The number of rotatable bonds is 5.